The first-order valence-electron chi connectivity index (χ1n) is 7.51. The SMILES string of the molecule is CC(CCCN)C(=O)N1CCN(c2ccccc2)CC1. The number of amides is 1. The molecule has 1 atom stereocenters. The highest BCUT2D eigenvalue weighted by molar-refractivity contribution is 5.78. The Kier molecular flexibility index (Phi) is 5.41. The maximum Gasteiger partial charge on any atom is 0.225 e. The summed E-state index contributed by atoms with van der Waals surface area (Å²) in [6.45, 7) is 6.15. The van der Waals surface area contributed by atoms with Crippen molar-refractivity contribution in [2.45, 2.75) is 19.8 Å². The second-order valence-electron chi connectivity index (χ2n) is 5.48. The molecule has 1 aromatic carbocycles. The fourth-order valence-electron chi connectivity index (χ4n) is 2.68. The molecular weight excluding hydrogens is 250 g/mol. The van der Waals surface area contributed by atoms with E-state index in [0.717, 1.165) is 39.0 Å². The second kappa shape index (κ2) is 7.29. The van der Waals surface area contributed by atoms with Crippen LogP contribution in [-0.2, 0) is 4.79 Å². The van der Waals surface area contributed by atoms with E-state index in [0.29, 0.717) is 6.54 Å². The summed E-state index contributed by atoms with van der Waals surface area (Å²) in [5, 5.41) is 0. The van der Waals surface area contributed by atoms with Gasteiger partial charge in [0.05, 0.1) is 0 Å². The maximum atomic E-state index is 12.3. The van der Waals surface area contributed by atoms with Crippen LogP contribution in [0.25, 0.3) is 0 Å². The van der Waals surface area contributed by atoms with Crippen LogP contribution in [-0.4, -0.2) is 43.5 Å². The number of hydrogen-bond acceptors (Lipinski definition) is 3. The fraction of sp³-hybridized carbons (Fsp3) is 0.562. The molecule has 1 unspecified atom stereocenters. The molecular formula is C16H25N3O. The van der Waals surface area contributed by atoms with Crippen molar-refractivity contribution < 1.29 is 4.79 Å². The Bertz CT molecular complexity index is 413. The Morgan fingerprint density at radius 3 is 2.45 bits per heavy atom. The lowest BCUT2D eigenvalue weighted by atomic mass is 10.0. The Hall–Kier alpha value is -1.55. The lowest BCUT2D eigenvalue weighted by molar-refractivity contribution is -0.135. The predicted molar refractivity (Wildman–Crippen MR) is 82.7 cm³/mol. The Balaban J connectivity index is 1.83. The molecule has 1 aliphatic rings. The van der Waals surface area contributed by atoms with E-state index in [4.69, 9.17) is 5.73 Å². The molecule has 0 aliphatic carbocycles. The van der Waals surface area contributed by atoms with Gasteiger partial charge in [-0.1, -0.05) is 25.1 Å². The predicted octanol–water partition coefficient (Wildman–Crippen LogP) is 1.71. The molecule has 1 heterocycles. The van der Waals surface area contributed by atoms with Crippen molar-refractivity contribution in [3.8, 4) is 0 Å². The zero-order valence-electron chi connectivity index (χ0n) is 12.3. The molecule has 0 spiro atoms. The summed E-state index contributed by atoms with van der Waals surface area (Å²) in [6.07, 6.45) is 1.82. The third-order valence-corrected chi connectivity index (χ3v) is 3.98. The lowest BCUT2D eigenvalue weighted by Crippen LogP contribution is -2.50. The van der Waals surface area contributed by atoms with E-state index in [1.807, 2.05) is 17.9 Å². The number of nitrogens with two attached hydrogens (primary N) is 1. The first kappa shape index (κ1) is 14.9. The van der Waals surface area contributed by atoms with Gasteiger partial charge in [0, 0.05) is 37.8 Å². The second-order valence-corrected chi connectivity index (χ2v) is 5.48. The largest absolute Gasteiger partial charge is 0.368 e. The van der Waals surface area contributed by atoms with Gasteiger partial charge in [0.2, 0.25) is 5.91 Å². The molecule has 1 fully saturated rings. The Labute approximate surface area is 121 Å². The average Bonchev–Trinajstić information content (AvgIpc) is 2.53. The standard InChI is InChI=1S/C16H25N3O/c1-14(6-5-9-17)16(20)19-12-10-18(11-13-19)15-7-3-2-4-8-15/h2-4,7-8,14H,5-6,9-13,17H2,1H3. The maximum absolute atomic E-state index is 12.3. The molecule has 2 N–H and O–H groups in total. The lowest BCUT2D eigenvalue weighted by Gasteiger charge is -2.37. The van der Waals surface area contributed by atoms with Crippen molar-refractivity contribution in [1.82, 2.24) is 4.90 Å². The van der Waals surface area contributed by atoms with Crippen molar-refractivity contribution in [3.05, 3.63) is 30.3 Å². The molecule has 0 bridgehead atoms. The first-order chi connectivity index (χ1) is 9.72. The molecule has 1 amide bonds. The molecule has 110 valence electrons. The van der Waals surface area contributed by atoms with E-state index in [1.165, 1.54) is 5.69 Å². The molecule has 4 nitrogen and oxygen atoms in total. The summed E-state index contributed by atoms with van der Waals surface area (Å²) < 4.78 is 0. The summed E-state index contributed by atoms with van der Waals surface area (Å²) in [4.78, 5) is 16.7. The number of carbonyl (C=O) groups is 1. The summed E-state index contributed by atoms with van der Waals surface area (Å²) in [5.41, 5.74) is 6.75. The van der Waals surface area contributed by atoms with Crippen LogP contribution in [0.4, 0.5) is 5.69 Å². The molecule has 0 aromatic heterocycles. The number of para-hydroxylation sites is 1. The van der Waals surface area contributed by atoms with Gasteiger partial charge in [-0.25, -0.2) is 0 Å². The van der Waals surface area contributed by atoms with Gasteiger partial charge in [0.25, 0.3) is 0 Å². The van der Waals surface area contributed by atoms with Crippen LogP contribution in [0, 0.1) is 5.92 Å². The minimum Gasteiger partial charge on any atom is -0.368 e. The topological polar surface area (TPSA) is 49.6 Å². The fourth-order valence-corrected chi connectivity index (χ4v) is 2.68. The van der Waals surface area contributed by atoms with E-state index in [2.05, 4.69) is 29.2 Å². The molecule has 1 aliphatic heterocycles. The molecule has 20 heavy (non-hydrogen) atoms. The van der Waals surface area contributed by atoms with Gasteiger partial charge in [-0.3, -0.25) is 4.79 Å². The van der Waals surface area contributed by atoms with Crippen LogP contribution in [0.3, 0.4) is 0 Å². The number of carbonyl (C=O) groups excluding carboxylic acids is 1. The highest BCUT2D eigenvalue weighted by Crippen LogP contribution is 2.17. The monoisotopic (exact) mass is 275 g/mol. The summed E-state index contributed by atoms with van der Waals surface area (Å²) in [6, 6.07) is 10.4. The van der Waals surface area contributed by atoms with Gasteiger partial charge in [-0.2, -0.15) is 0 Å². The van der Waals surface area contributed by atoms with Crippen molar-refractivity contribution >= 4 is 11.6 Å². The quantitative estimate of drug-likeness (QED) is 0.890. The van der Waals surface area contributed by atoms with E-state index in [1.54, 1.807) is 0 Å². The van der Waals surface area contributed by atoms with Crippen LogP contribution < -0.4 is 10.6 Å². The highest BCUT2D eigenvalue weighted by atomic mass is 16.2. The van der Waals surface area contributed by atoms with Crippen LogP contribution >= 0.6 is 0 Å². The smallest absolute Gasteiger partial charge is 0.225 e. The van der Waals surface area contributed by atoms with Crippen molar-refractivity contribution in [3.63, 3.8) is 0 Å². The molecule has 0 radical (unpaired) electrons. The molecule has 4 heteroatoms. The normalized spacial score (nSPS) is 17.1. The third-order valence-electron chi connectivity index (χ3n) is 3.98. The van der Waals surface area contributed by atoms with Gasteiger partial charge in [0.1, 0.15) is 0 Å². The van der Waals surface area contributed by atoms with Crippen molar-refractivity contribution in [2.75, 3.05) is 37.6 Å². The number of anilines is 1. The molecule has 1 saturated heterocycles. The van der Waals surface area contributed by atoms with Gasteiger partial charge >= 0.3 is 0 Å². The summed E-state index contributed by atoms with van der Waals surface area (Å²) in [7, 11) is 0. The van der Waals surface area contributed by atoms with Crippen LogP contribution in [0.2, 0.25) is 0 Å². The number of benzene rings is 1. The Morgan fingerprint density at radius 2 is 1.85 bits per heavy atom. The molecule has 1 aromatic rings. The third kappa shape index (κ3) is 3.73. The number of piperazine rings is 1. The summed E-state index contributed by atoms with van der Waals surface area (Å²) >= 11 is 0. The van der Waals surface area contributed by atoms with E-state index in [9.17, 15) is 4.79 Å². The minimum atomic E-state index is 0.0989. The van der Waals surface area contributed by atoms with E-state index >= 15 is 0 Å². The molecule has 2 rings (SSSR count). The Morgan fingerprint density at radius 1 is 1.20 bits per heavy atom. The highest BCUT2D eigenvalue weighted by Gasteiger charge is 2.24. The minimum absolute atomic E-state index is 0.0989. The summed E-state index contributed by atoms with van der Waals surface area (Å²) in [5.74, 6) is 0.382. The van der Waals surface area contributed by atoms with E-state index < -0.39 is 0 Å². The number of hydrogen-bond donors (Lipinski definition) is 1. The van der Waals surface area contributed by atoms with Crippen LogP contribution in [0.5, 0.6) is 0 Å². The van der Waals surface area contributed by atoms with E-state index in [-0.39, 0.29) is 11.8 Å². The number of rotatable bonds is 5. The number of nitrogens with zero attached hydrogens (tertiary/aromatic N) is 2. The van der Waals surface area contributed by atoms with Gasteiger partial charge in [-0.05, 0) is 31.5 Å². The van der Waals surface area contributed by atoms with Crippen molar-refractivity contribution in [1.29, 1.82) is 0 Å². The van der Waals surface area contributed by atoms with Crippen molar-refractivity contribution in [2.24, 2.45) is 11.7 Å². The zero-order chi connectivity index (χ0) is 14.4. The first-order valence-corrected chi connectivity index (χ1v) is 7.51. The van der Waals surface area contributed by atoms with Crippen LogP contribution in [0.1, 0.15) is 19.8 Å². The average molecular weight is 275 g/mol. The van der Waals surface area contributed by atoms with Crippen LogP contribution in [0.15, 0.2) is 30.3 Å². The van der Waals surface area contributed by atoms with Gasteiger partial charge < -0.3 is 15.5 Å². The zero-order valence-corrected chi connectivity index (χ0v) is 12.3. The van der Waals surface area contributed by atoms with Gasteiger partial charge in [-0.15, -0.1) is 0 Å². The molecule has 0 saturated carbocycles. The van der Waals surface area contributed by atoms with Gasteiger partial charge in [0.15, 0.2) is 0 Å².